The summed E-state index contributed by atoms with van der Waals surface area (Å²) < 4.78 is 16.4. The standard InChI is InChI=1S/C22H15N3O4S/c26-20(13-8-9-18-19(11-13)28-12-27-18)25-22(30)23-15-5-3-4-14(10-15)21-24-16-6-1-2-7-17(16)29-21/h1-11H,12H2,(H2,23,25,26,30). The fourth-order valence-corrected chi connectivity index (χ4v) is 3.31. The van der Waals surface area contributed by atoms with E-state index >= 15 is 0 Å². The number of hydrogen-bond donors (Lipinski definition) is 2. The normalized spacial score (nSPS) is 12.0. The average molecular weight is 417 g/mol. The highest BCUT2D eigenvalue weighted by Gasteiger charge is 2.17. The van der Waals surface area contributed by atoms with E-state index in [1.165, 1.54) is 0 Å². The Morgan fingerprint density at radius 2 is 1.83 bits per heavy atom. The van der Waals surface area contributed by atoms with Crippen LogP contribution < -0.4 is 20.1 Å². The molecule has 148 valence electrons. The van der Waals surface area contributed by atoms with E-state index in [0.29, 0.717) is 28.6 Å². The van der Waals surface area contributed by atoms with Crippen molar-refractivity contribution in [2.45, 2.75) is 0 Å². The first-order valence-electron chi connectivity index (χ1n) is 9.14. The lowest BCUT2D eigenvalue weighted by Gasteiger charge is -2.10. The van der Waals surface area contributed by atoms with Gasteiger partial charge in [0.05, 0.1) is 0 Å². The van der Waals surface area contributed by atoms with Crippen LogP contribution in [-0.4, -0.2) is 22.8 Å². The summed E-state index contributed by atoms with van der Waals surface area (Å²) in [5, 5.41) is 5.85. The highest BCUT2D eigenvalue weighted by Crippen LogP contribution is 2.32. The molecule has 8 heteroatoms. The quantitative estimate of drug-likeness (QED) is 0.479. The van der Waals surface area contributed by atoms with Crippen LogP contribution in [0.4, 0.5) is 5.69 Å². The van der Waals surface area contributed by atoms with Crippen molar-refractivity contribution >= 4 is 40.0 Å². The number of fused-ring (bicyclic) bond motifs is 2. The van der Waals surface area contributed by atoms with Gasteiger partial charge in [-0.25, -0.2) is 4.98 Å². The Morgan fingerprint density at radius 1 is 0.967 bits per heavy atom. The van der Waals surface area contributed by atoms with E-state index in [1.54, 1.807) is 18.2 Å². The molecule has 2 heterocycles. The first kappa shape index (κ1) is 18.1. The number of para-hydroxylation sites is 2. The molecule has 0 radical (unpaired) electrons. The molecule has 3 aromatic carbocycles. The largest absolute Gasteiger partial charge is 0.454 e. The summed E-state index contributed by atoms with van der Waals surface area (Å²) in [5.74, 6) is 1.31. The monoisotopic (exact) mass is 417 g/mol. The molecule has 0 aliphatic carbocycles. The first-order valence-corrected chi connectivity index (χ1v) is 9.54. The van der Waals surface area contributed by atoms with Crippen LogP contribution in [0.3, 0.4) is 0 Å². The molecule has 30 heavy (non-hydrogen) atoms. The van der Waals surface area contributed by atoms with Crippen molar-refractivity contribution in [1.82, 2.24) is 10.3 Å². The van der Waals surface area contributed by atoms with Crippen molar-refractivity contribution < 1.29 is 18.7 Å². The highest BCUT2D eigenvalue weighted by atomic mass is 32.1. The van der Waals surface area contributed by atoms with Crippen molar-refractivity contribution in [2.75, 3.05) is 12.1 Å². The van der Waals surface area contributed by atoms with Crippen molar-refractivity contribution in [1.29, 1.82) is 0 Å². The van der Waals surface area contributed by atoms with E-state index in [4.69, 9.17) is 26.1 Å². The minimum Gasteiger partial charge on any atom is -0.454 e. The number of nitrogens with zero attached hydrogens (tertiary/aromatic N) is 1. The van der Waals surface area contributed by atoms with Crippen LogP contribution in [0.1, 0.15) is 10.4 Å². The molecule has 1 amide bonds. The van der Waals surface area contributed by atoms with Gasteiger partial charge >= 0.3 is 0 Å². The van der Waals surface area contributed by atoms with Gasteiger partial charge < -0.3 is 19.2 Å². The fraction of sp³-hybridized carbons (Fsp3) is 0.0455. The molecule has 0 saturated heterocycles. The number of carbonyl (C=O) groups is 1. The van der Waals surface area contributed by atoms with E-state index < -0.39 is 0 Å². The van der Waals surface area contributed by atoms with Gasteiger partial charge in [-0.1, -0.05) is 18.2 Å². The molecule has 4 aromatic rings. The zero-order valence-electron chi connectivity index (χ0n) is 15.5. The lowest BCUT2D eigenvalue weighted by Crippen LogP contribution is -2.34. The zero-order chi connectivity index (χ0) is 20.5. The molecule has 0 fully saturated rings. The Bertz CT molecular complexity index is 1250. The molecule has 7 nitrogen and oxygen atoms in total. The molecule has 0 unspecified atom stereocenters. The number of oxazole rings is 1. The lowest BCUT2D eigenvalue weighted by atomic mass is 10.2. The van der Waals surface area contributed by atoms with E-state index in [0.717, 1.165) is 16.7 Å². The molecular formula is C22H15N3O4S. The second-order valence-electron chi connectivity index (χ2n) is 6.54. The third-order valence-corrected chi connectivity index (χ3v) is 4.73. The summed E-state index contributed by atoms with van der Waals surface area (Å²) >= 11 is 5.29. The molecule has 2 N–H and O–H groups in total. The van der Waals surface area contributed by atoms with Crippen molar-refractivity contribution in [3.8, 4) is 23.0 Å². The number of nitrogens with one attached hydrogen (secondary N) is 2. The number of benzene rings is 3. The third-order valence-electron chi connectivity index (χ3n) is 4.52. The number of carbonyl (C=O) groups excluding carboxylic acids is 1. The SMILES string of the molecule is O=C(NC(=S)Nc1cccc(-c2nc3ccccc3o2)c1)c1ccc2c(c1)OCO2. The second kappa shape index (κ2) is 7.49. The van der Waals surface area contributed by atoms with Crippen LogP contribution in [0, 0.1) is 0 Å². The number of ether oxygens (including phenoxy) is 2. The summed E-state index contributed by atoms with van der Waals surface area (Å²) in [5.41, 5.74) is 3.42. The summed E-state index contributed by atoms with van der Waals surface area (Å²) in [6.07, 6.45) is 0. The number of rotatable bonds is 3. The van der Waals surface area contributed by atoms with Gasteiger partial charge in [-0.05, 0) is 60.7 Å². The van der Waals surface area contributed by atoms with Gasteiger partial charge in [0, 0.05) is 16.8 Å². The highest BCUT2D eigenvalue weighted by molar-refractivity contribution is 7.80. The topological polar surface area (TPSA) is 85.6 Å². The van der Waals surface area contributed by atoms with Gasteiger partial charge in [-0.15, -0.1) is 0 Å². The van der Waals surface area contributed by atoms with Gasteiger partial charge in [-0.3, -0.25) is 10.1 Å². The zero-order valence-corrected chi connectivity index (χ0v) is 16.4. The maximum Gasteiger partial charge on any atom is 0.257 e. The summed E-state index contributed by atoms with van der Waals surface area (Å²) in [6.45, 7) is 0.150. The predicted molar refractivity (Wildman–Crippen MR) is 116 cm³/mol. The Labute approximate surface area is 176 Å². The van der Waals surface area contributed by atoms with Crippen LogP contribution in [-0.2, 0) is 0 Å². The van der Waals surface area contributed by atoms with Crippen LogP contribution >= 0.6 is 12.2 Å². The number of thiocarbonyl (C=S) groups is 1. The van der Waals surface area contributed by atoms with Crippen LogP contribution in [0.5, 0.6) is 11.5 Å². The molecule has 0 saturated carbocycles. The second-order valence-corrected chi connectivity index (χ2v) is 6.95. The molecule has 1 aliphatic rings. The lowest BCUT2D eigenvalue weighted by molar-refractivity contribution is 0.0977. The van der Waals surface area contributed by atoms with Crippen LogP contribution in [0.25, 0.3) is 22.6 Å². The molecule has 0 spiro atoms. The van der Waals surface area contributed by atoms with Gasteiger partial charge in [0.25, 0.3) is 5.91 Å². The Balaban J connectivity index is 1.29. The smallest absolute Gasteiger partial charge is 0.257 e. The van der Waals surface area contributed by atoms with E-state index in [-0.39, 0.29) is 17.8 Å². The minimum absolute atomic E-state index is 0.150. The Hall–Kier alpha value is -3.91. The minimum atomic E-state index is -0.346. The Morgan fingerprint density at radius 3 is 2.73 bits per heavy atom. The Kier molecular flexibility index (Phi) is 4.53. The van der Waals surface area contributed by atoms with E-state index in [9.17, 15) is 4.79 Å². The third kappa shape index (κ3) is 3.56. The van der Waals surface area contributed by atoms with Crippen LogP contribution in [0.2, 0.25) is 0 Å². The van der Waals surface area contributed by atoms with E-state index in [1.807, 2.05) is 48.5 Å². The maximum absolute atomic E-state index is 12.5. The van der Waals surface area contributed by atoms with Crippen molar-refractivity contribution in [2.24, 2.45) is 0 Å². The van der Waals surface area contributed by atoms with Crippen molar-refractivity contribution in [3.05, 3.63) is 72.3 Å². The average Bonchev–Trinajstić information content (AvgIpc) is 3.40. The summed E-state index contributed by atoms with van der Waals surface area (Å²) in [6, 6.07) is 20.0. The molecule has 1 aliphatic heterocycles. The molecule has 0 atom stereocenters. The number of aromatic nitrogens is 1. The van der Waals surface area contributed by atoms with Gasteiger partial charge in [0.15, 0.2) is 22.2 Å². The van der Waals surface area contributed by atoms with Gasteiger partial charge in [0.1, 0.15) is 5.52 Å². The summed E-state index contributed by atoms with van der Waals surface area (Å²) in [7, 11) is 0. The molecule has 0 bridgehead atoms. The first-order chi connectivity index (χ1) is 14.7. The van der Waals surface area contributed by atoms with Gasteiger partial charge in [-0.2, -0.15) is 0 Å². The molecular weight excluding hydrogens is 402 g/mol. The van der Waals surface area contributed by atoms with Crippen LogP contribution in [0.15, 0.2) is 71.1 Å². The number of anilines is 1. The molecule has 1 aromatic heterocycles. The number of hydrogen-bond acceptors (Lipinski definition) is 6. The molecule has 5 rings (SSSR count). The maximum atomic E-state index is 12.5. The fourth-order valence-electron chi connectivity index (χ4n) is 3.10. The van der Waals surface area contributed by atoms with Crippen molar-refractivity contribution in [3.63, 3.8) is 0 Å². The van der Waals surface area contributed by atoms with Gasteiger partial charge in [0.2, 0.25) is 12.7 Å². The predicted octanol–water partition coefficient (Wildman–Crippen LogP) is 4.35. The summed E-state index contributed by atoms with van der Waals surface area (Å²) in [4.78, 5) is 17.0. The number of amides is 1. The van der Waals surface area contributed by atoms with E-state index in [2.05, 4.69) is 15.6 Å².